The SMILES string of the molecule is CC[C@H]1OC(=O)[C@H](C)[C@H]2OC/C(=N\OCc3ccnc(N)c3)CO[C@](C)(C[C@@H](C)C(=O)[C@H](C)[C@@H]3NC(=O)O[C@]13C)[C@H](O[C@@H]1O[C@H](C)C[C@H](N(C)C)[C@H]1O)[C@@H]2C. The number of oxime groups is 1. The number of amides is 1. The van der Waals surface area contributed by atoms with Crippen molar-refractivity contribution in [3.8, 4) is 0 Å². The topological polar surface area (TPSA) is 203 Å². The molecule has 4 aliphatic heterocycles. The summed E-state index contributed by atoms with van der Waals surface area (Å²) in [4.78, 5) is 53.2. The standard InChI is InChI=1S/C39H61N5O11/c1-11-28-39(8)33(42-37(48)55-39)22(4)30(45)20(2)16-38(7)34(54-36-31(46)27(44(9)10)14-21(3)52-36)23(5)32(24(6)35(47)53-28)49-18-26(19-50-38)43-51-17-25-12-13-41-29(40)15-25/h12-13,15,20-24,27-28,31-34,36,46H,11,14,16-19H2,1-10H3,(H2,40,41)(H,42,48)/b43-26+/t20-,21-,22+,23-,24-,27+,28-,31-,32+,33+,34-,36+,38-,39-/m1/s1. The number of aliphatic hydroxyl groups is 1. The van der Waals surface area contributed by atoms with Gasteiger partial charge in [0.2, 0.25) is 0 Å². The lowest BCUT2D eigenvalue weighted by atomic mass is 9.73. The minimum atomic E-state index is -1.33. The minimum Gasteiger partial charge on any atom is -0.458 e. The Balaban J connectivity index is 1.59. The van der Waals surface area contributed by atoms with Gasteiger partial charge in [0.05, 0.1) is 49.1 Å². The second-order valence-corrected chi connectivity index (χ2v) is 16.5. The molecule has 5 heterocycles. The number of ether oxygens (including phenoxy) is 6. The number of nitrogens with one attached hydrogen (secondary N) is 1. The van der Waals surface area contributed by atoms with Gasteiger partial charge in [-0.15, -0.1) is 0 Å². The van der Waals surface area contributed by atoms with Crippen LogP contribution in [0.5, 0.6) is 0 Å². The van der Waals surface area contributed by atoms with Crippen molar-refractivity contribution in [2.24, 2.45) is 28.8 Å². The van der Waals surface area contributed by atoms with Gasteiger partial charge in [0.1, 0.15) is 36.1 Å². The fourth-order valence-electron chi connectivity index (χ4n) is 8.88. The molecular formula is C39H61N5O11. The van der Waals surface area contributed by atoms with Gasteiger partial charge in [-0.1, -0.05) is 32.9 Å². The third kappa shape index (κ3) is 9.26. The number of ketones is 1. The van der Waals surface area contributed by atoms with E-state index in [0.717, 1.165) is 5.56 Å². The minimum absolute atomic E-state index is 0.0692. The summed E-state index contributed by atoms with van der Waals surface area (Å²) in [5.41, 5.74) is 4.42. The highest BCUT2D eigenvalue weighted by molar-refractivity contribution is 5.87. The number of nitrogen functional groups attached to an aromatic ring is 1. The molecule has 4 N–H and O–H groups in total. The zero-order valence-electron chi connectivity index (χ0n) is 33.9. The predicted molar refractivity (Wildman–Crippen MR) is 201 cm³/mol. The summed E-state index contributed by atoms with van der Waals surface area (Å²) in [5, 5.41) is 18.9. The number of nitrogens with zero attached hydrogens (tertiary/aromatic N) is 3. The molecule has 5 rings (SSSR count). The van der Waals surface area contributed by atoms with Crippen LogP contribution in [0.25, 0.3) is 0 Å². The normalized spacial score (nSPS) is 41.3. The van der Waals surface area contributed by atoms with Crippen LogP contribution in [0, 0.1) is 23.7 Å². The van der Waals surface area contributed by atoms with Gasteiger partial charge >= 0.3 is 12.1 Å². The number of hydrogen-bond donors (Lipinski definition) is 3. The van der Waals surface area contributed by atoms with Crippen LogP contribution in [0.1, 0.15) is 80.2 Å². The first-order valence-electron chi connectivity index (χ1n) is 19.4. The van der Waals surface area contributed by atoms with E-state index in [1.807, 2.05) is 53.6 Å². The monoisotopic (exact) mass is 775 g/mol. The number of Topliss-reactive ketones (excluding diaryl/α,β-unsaturated/α-hetero) is 1. The lowest BCUT2D eigenvalue weighted by Gasteiger charge is -2.48. The van der Waals surface area contributed by atoms with Crippen LogP contribution < -0.4 is 11.1 Å². The summed E-state index contributed by atoms with van der Waals surface area (Å²) in [5.74, 6) is -3.22. The molecule has 2 bridgehead atoms. The average Bonchev–Trinajstić information content (AvgIpc) is 3.46. The molecule has 0 unspecified atom stereocenters. The molecular weight excluding hydrogens is 714 g/mol. The van der Waals surface area contributed by atoms with Crippen LogP contribution in [0.15, 0.2) is 23.5 Å². The molecule has 0 radical (unpaired) electrons. The summed E-state index contributed by atoms with van der Waals surface area (Å²) < 4.78 is 38.6. The van der Waals surface area contributed by atoms with E-state index in [-0.39, 0.29) is 44.2 Å². The summed E-state index contributed by atoms with van der Waals surface area (Å²) >= 11 is 0. The molecule has 1 aromatic rings. The first-order valence-corrected chi connectivity index (χ1v) is 19.4. The lowest BCUT2D eigenvalue weighted by Crippen LogP contribution is -2.60. The van der Waals surface area contributed by atoms with E-state index < -0.39 is 83.7 Å². The summed E-state index contributed by atoms with van der Waals surface area (Å²) in [6, 6.07) is 2.41. The van der Waals surface area contributed by atoms with E-state index in [2.05, 4.69) is 15.5 Å². The number of aromatic nitrogens is 1. The Morgan fingerprint density at radius 3 is 2.51 bits per heavy atom. The lowest BCUT2D eigenvalue weighted by molar-refractivity contribution is -0.302. The van der Waals surface area contributed by atoms with Crippen molar-refractivity contribution in [2.45, 2.75) is 141 Å². The molecule has 0 spiro atoms. The van der Waals surface area contributed by atoms with Crippen LogP contribution in [0.3, 0.4) is 0 Å². The van der Waals surface area contributed by atoms with E-state index in [1.54, 1.807) is 39.1 Å². The van der Waals surface area contributed by atoms with E-state index in [9.17, 15) is 19.5 Å². The molecule has 4 aliphatic rings. The number of anilines is 1. The van der Waals surface area contributed by atoms with Gasteiger partial charge in [-0.3, -0.25) is 9.59 Å². The van der Waals surface area contributed by atoms with Gasteiger partial charge in [-0.05, 0) is 78.7 Å². The van der Waals surface area contributed by atoms with Crippen LogP contribution in [-0.4, -0.2) is 126 Å². The summed E-state index contributed by atoms with van der Waals surface area (Å²) in [6.07, 6.45) is -3.01. The molecule has 0 aliphatic carbocycles. The largest absolute Gasteiger partial charge is 0.458 e. The van der Waals surface area contributed by atoms with Gasteiger partial charge in [0, 0.05) is 30.0 Å². The molecule has 308 valence electrons. The number of carbonyl (C=O) groups is 3. The fourth-order valence-corrected chi connectivity index (χ4v) is 8.88. The Morgan fingerprint density at radius 2 is 1.84 bits per heavy atom. The Labute approximate surface area is 324 Å². The zero-order valence-corrected chi connectivity index (χ0v) is 33.9. The Kier molecular flexibility index (Phi) is 13.5. The highest BCUT2D eigenvalue weighted by Gasteiger charge is 2.57. The van der Waals surface area contributed by atoms with Crippen molar-refractivity contribution in [3.05, 3.63) is 23.9 Å². The van der Waals surface area contributed by atoms with Gasteiger partial charge in [0.15, 0.2) is 11.9 Å². The maximum atomic E-state index is 14.4. The summed E-state index contributed by atoms with van der Waals surface area (Å²) in [7, 11) is 3.79. The average molecular weight is 776 g/mol. The Hall–Kier alpha value is -3.41. The van der Waals surface area contributed by atoms with Gasteiger partial charge in [-0.25, -0.2) is 9.78 Å². The number of fused-ring (bicyclic) bond motifs is 4. The van der Waals surface area contributed by atoms with Crippen molar-refractivity contribution >= 4 is 29.4 Å². The number of nitrogens with two attached hydrogens (primary N) is 1. The van der Waals surface area contributed by atoms with E-state index in [0.29, 0.717) is 24.4 Å². The molecule has 55 heavy (non-hydrogen) atoms. The molecule has 1 amide bonds. The van der Waals surface area contributed by atoms with Crippen LogP contribution >= 0.6 is 0 Å². The third-order valence-corrected chi connectivity index (χ3v) is 11.9. The van der Waals surface area contributed by atoms with Crippen LogP contribution in [0.2, 0.25) is 0 Å². The molecule has 14 atom stereocenters. The number of alkyl carbamates (subject to hydrolysis) is 1. The highest BCUT2D eigenvalue weighted by Crippen LogP contribution is 2.42. The number of likely N-dealkylation sites (N-methyl/N-ethyl adjacent to an activating group) is 1. The first kappa shape index (κ1) is 42.7. The van der Waals surface area contributed by atoms with Crippen LogP contribution in [0.4, 0.5) is 10.6 Å². The fraction of sp³-hybridized carbons (Fsp3) is 0.769. The number of hydrogen-bond acceptors (Lipinski definition) is 15. The van der Waals surface area contributed by atoms with Crippen molar-refractivity contribution in [1.29, 1.82) is 0 Å². The second-order valence-electron chi connectivity index (χ2n) is 16.5. The molecule has 0 saturated carbocycles. The van der Waals surface area contributed by atoms with Crippen molar-refractivity contribution < 1.29 is 52.7 Å². The Bertz CT molecular complexity index is 1560. The summed E-state index contributed by atoms with van der Waals surface area (Å²) in [6.45, 7) is 14.5. The van der Waals surface area contributed by atoms with E-state index in [4.69, 9.17) is 39.0 Å². The number of carbonyl (C=O) groups excluding carboxylic acids is 3. The predicted octanol–water partition coefficient (Wildman–Crippen LogP) is 3.23. The van der Waals surface area contributed by atoms with Crippen molar-refractivity contribution in [3.63, 3.8) is 0 Å². The zero-order chi connectivity index (χ0) is 40.4. The second kappa shape index (κ2) is 17.4. The molecule has 16 nitrogen and oxygen atoms in total. The van der Waals surface area contributed by atoms with E-state index >= 15 is 0 Å². The number of pyridine rings is 1. The molecule has 16 heteroatoms. The molecule has 0 aromatic carbocycles. The third-order valence-electron chi connectivity index (χ3n) is 11.9. The molecule has 1 aromatic heterocycles. The van der Waals surface area contributed by atoms with Crippen molar-refractivity contribution in [2.75, 3.05) is 33.0 Å². The van der Waals surface area contributed by atoms with Crippen molar-refractivity contribution in [1.82, 2.24) is 15.2 Å². The van der Waals surface area contributed by atoms with Gasteiger partial charge in [0.25, 0.3) is 0 Å². The van der Waals surface area contributed by atoms with Crippen LogP contribution in [-0.2, 0) is 49.5 Å². The Morgan fingerprint density at radius 1 is 1.11 bits per heavy atom. The molecule has 4 fully saturated rings. The number of aliphatic hydroxyl groups excluding tert-OH is 1. The number of cyclic esters (lactones) is 1. The number of esters is 1. The molecule has 4 saturated heterocycles. The highest BCUT2D eigenvalue weighted by atomic mass is 16.7. The first-order chi connectivity index (χ1) is 25.9. The quantitative estimate of drug-likeness (QED) is 0.269. The maximum Gasteiger partial charge on any atom is 0.408 e. The van der Waals surface area contributed by atoms with E-state index in [1.165, 1.54) is 0 Å². The number of rotatable bonds is 7. The smallest absolute Gasteiger partial charge is 0.408 e. The van der Waals surface area contributed by atoms with Gasteiger partial charge < -0.3 is 54.3 Å². The van der Waals surface area contributed by atoms with Gasteiger partial charge in [-0.2, -0.15) is 0 Å². The maximum absolute atomic E-state index is 14.4.